The number of para-hydroxylation sites is 4. The van der Waals surface area contributed by atoms with Crippen LogP contribution in [0.2, 0.25) is 0 Å². The van der Waals surface area contributed by atoms with Gasteiger partial charge in [0.25, 0.3) is 0 Å². The molecule has 2 unspecified atom stereocenters. The van der Waals surface area contributed by atoms with Gasteiger partial charge in [0, 0.05) is 24.0 Å². The molecule has 8 heteroatoms. The minimum atomic E-state index is 0.0712. The number of rotatable bonds is 8. The Hall–Kier alpha value is -6.74. The third kappa shape index (κ3) is 6.46. The Bertz CT molecular complexity index is 2680. The van der Waals surface area contributed by atoms with Gasteiger partial charge in [-0.2, -0.15) is 10.2 Å². The minimum absolute atomic E-state index is 0.0712. The van der Waals surface area contributed by atoms with Crippen molar-refractivity contribution < 1.29 is 0 Å². The fourth-order valence-corrected chi connectivity index (χ4v) is 10.0. The van der Waals surface area contributed by atoms with Crippen molar-refractivity contribution in [3.05, 3.63) is 204 Å². The summed E-state index contributed by atoms with van der Waals surface area (Å²) in [6, 6.07) is 64.4. The molecule has 2 aliphatic heterocycles. The average Bonchev–Trinajstić information content (AvgIpc) is 4.12. The first-order valence-electron chi connectivity index (χ1n) is 19.6. The maximum Gasteiger partial charge on any atom is 0.124 e. The normalized spacial score (nSPS) is 16.6. The van der Waals surface area contributed by atoms with Gasteiger partial charge < -0.3 is 0 Å². The fourth-order valence-electron chi connectivity index (χ4n) is 8.07. The Labute approximate surface area is 344 Å². The predicted molar refractivity (Wildman–Crippen MR) is 242 cm³/mol. The van der Waals surface area contributed by atoms with Crippen LogP contribution in [0.5, 0.6) is 0 Å². The average molecular weight is 785 g/mol. The van der Waals surface area contributed by atoms with Gasteiger partial charge in [-0.05, 0) is 70.8 Å². The largest absolute Gasteiger partial charge is 0.257 e. The molecule has 278 valence electrons. The molecule has 0 radical (unpaired) electrons. The van der Waals surface area contributed by atoms with Gasteiger partial charge in [-0.3, -0.25) is 10.0 Å². The van der Waals surface area contributed by atoms with Crippen molar-refractivity contribution in [1.82, 2.24) is 9.97 Å². The van der Waals surface area contributed by atoms with E-state index < -0.39 is 0 Å². The summed E-state index contributed by atoms with van der Waals surface area (Å²) in [5, 5.41) is 17.0. The summed E-state index contributed by atoms with van der Waals surface area (Å²) in [6.45, 7) is 0. The maximum atomic E-state index is 5.27. The van der Waals surface area contributed by atoms with Gasteiger partial charge in [-0.1, -0.05) is 133 Å². The second kappa shape index (κ2) is 14.6. The van der Waals surface area contributed by atoms with Crippen LogP contribution in [0.1, 0.15) is 47.2 Å². The van der Waals surface area contributed by atoms with E-state index in [9.17, 15) is 0 Å². The number of fused-ring (bicyclic) bond motifs is 2. The lowest BCUT2D eigenvalue weighted by Crippen LogP contribution is -2.18. The molecule has 58 heavy (non-hydrogen) atoms. The number of thiazole rings is 2. The van der Waals surface area contributed by atoms with E-state index in [1.165, 1.54) is 20.5 Å². The summed E-state index contributed by atoms with van der Waals surface area (Å²) >= 11 is 3.47. The molecule has 0 N–H and O–H groups in total. The van der Waals surface area contributed by atoms with Crippen LogP contribution in [0.25, 0.3) is 41.6 Å². The van der Waals surface area contributed by atoms with Gasteiger partial charge in [0.1, 0.15) is 10.0 Å². The molecule has 4 heterocycles. The van der Waals surface area contributed by atoms with Crippen molar-refractivity contribution in [1.29, 1.82) is 0 Å². The molecule has 0 bridgehead atoms. The fraction of sp³-hybridized carbons (Fsp3) is 0.0800. The summed E-state index contributed by atoms with van der Waals surface area (Å²) in [6.07, 6.45) is 1.60. The molecule has 0 aliphatic carbocycles. The maximum absolute atomic E-state index is 5.27. The van der Waals surface area contributed by atoms with E-state index in [1.54, 1.807) is 22.7 Å². The van der Waals surface area contributed by atoms with Crippen molar-refractivity contribution >= 4 is 65.9 Å². The smallest absolute Gasteiger partial charge is 0.124 e. The van der Waals surface area contributed by atoms with E-state index in [0.29, 0.717) is 0 Å². The molecule has 0 saturated carbocycles. The van der Waals surface area contributed by atoms with Crippen molar-refractivity contribution in [3.8, 4) is 21.1 Å². The SMILES string of the molecule is c1ccc(N2N=C(c3ccc(C4=NN(c5ccccc5)C(c5ccc(-c6nc7ccccc7s6)cc5)C4)cc3)CC2c2ccc(-c3nc4ccccc4s3)cc2)cc1. The standard InChI is InChI=1S/C50H36N6S2/c1-3-11-39(12-4-1)55-45(35-23-27-37(28-24-35)49-51-41-15-7-9-17-47(41)57-49)31-43(53-55)33-19-21-34(22-20-33)44-32-46(56(54-44)40-13-5-2-6-14-40)36-25-29-38(30-26-36)50-52-42-16-8-10-18-48(42)58-50/h1-30,45-46H,31-32H2. The molecular formula is C50H36N6S2. The van der Waals surface area contributed by atoms with E-state index in [1.807, 2.05) is 12.1 Å². The second-order valence-electron chi connectivity index (χ2n) is 14.7. The third-order valence-electron chi connectivity index (χ3n) is 11.1. The van der Waals surface area contributed by atoms with Crippen LogP contribution >= 0.6 is 22.7 Å². The van der Waals surface area contributed by atoms with Crippen LogP contribution < -0.4 is 10.0 Å². The highest BCUT2D eigenvalue weighted by molar-refractivity contribution is 7.22. The Balaban J connectivity index is 0.856. The minimum Gasteiger partial charge on any atom is -0.257 e. The topological polar surface area (TPSA) is 57.0 Å². The highest BCUT2D eigenvalue weighted by Crippen LogP contribution is 2.40. The van der Waals surface area contributed by atoms with Crippen LogP contribution in [0.4, 0.5) is 11.4 Å². The lowest BCUT2D eigenvalue weighted by molar-refractivity contribution is 0.709. The van der Waals surface area contributed by atoms with E-state index in [0.717, 1.165) is 78.9 Å². The number of benzene rings is 7. The molecule has 0 saturated heterocycles. The molecule has 11 rings (SSSR count). The summed E-state index contributed by atoms with van der Waals surface area (Å²) in [5.41, 5.74) is 13.4. The van der Waals surface area contributed by atoms with Gasteiger partial charge in [0.15, 0.2) is 0 Å². The van der Waals surface area contributed by atoms with Crippen LogP contribution in [-0.2, 0) is 0 Å². The Morgan fingerprint density at radius 2 is 0.741 bits per heavy atom. The van der Waals surface area contributed by atoms with Crippen LogP contribution in [0.3, 0.4) is 0 Å². The lowest BCUT2D eigenvalue weighted by Gasteiger charge is -2.24. The second-order valence-corrected chi connectivity index (χ2v) is 16.7. The number of hydrogen-bond donors (Lipinski definition) is 0. The molecule has 2 aromatic heterocycles. The summed E-state index contributed by atoms with van der Waals surface area (Å²) < 4.78 is 2.41. The van der Waals surface area contributed by atoms with E-state index in [-0.39, 0.29) is 12.1 Å². The van der Waals surface area contributed by atoms with Crippen LogP contribution in [-0.4, -0.2) is 21.4 Å². The lowest BCUT2D eigenvalue weighted by atomic mass is 9.95. The van der Waals surface area contributed by atoms with E-state index in [2.05, 4.69) is 180 Å². The highest BCUT2D eigenvalue weighted by Gasteiger charge is 2.32. The van der Waals surface area contributed by atoms with Gasteiger partial charge in [0.2, 0.25) is 0 Å². The zero-order valence-corrected chi connectivity index (χ0v) is 33.0. The molecule has 2 atom stereocenters. The van der Waals surface area contributed by atoms with Crippen LogP contribution in [0, 0.1) is 0 Å². The quantitative estimate of drug-likeness (QED) is 0.154. The Kier molecular flexibility index (Phi) is 8.71. The first kappa shape index (κ1) is 34.5. The molecule has 9 aromatic rings. The van der Waals surface area contributed by atoms with Gasteiger partial charge in [0.05, 0.1) is 55.3 Å². The summed E-state index contributed by atoms with van der Waals surface area (Å²) in [5.74, 6) is 0. The molecule has 6 nitrogen and oxygen atoms in total. The van der Waals surface area contributed by atoms with Crippen molar-refractivity contribution in [2.24, 2.45) is 10.2 Å². The predicted octanol–water partition coefficient (Wildman–Crippen LogP) is 13.0. The van der Waals surface area contributed by atoms with Gasteiger partial charge in [-0.25, -0.2) is 9.97 Å². The third-order valence-corrected chi connectivity index (χ3v) is 13.3. The molecule has 2 aliphatic rings. The monoisotopic (exact) mass is 784 g/mol. The zero-order chi connectivity index (χ0) is 38.4. The summed E-state index contributed by atoms with van der Waals surface area (Å²) in [4.78, 5) is 9.78. The molecule has 0 amide bonds. The zero-order valence-electron chi connectivity index (χ0n) is 31.4. The number of hydrazone groups is 2. The highest BCUT2D eigenvalue weighted by atomic mass is 32.1. The number of nitrogens with zero attached hydrogens (tertiary/aromatic N) is 6. The van der Waals surface area contributed by atoms with E-state index >= 15 is 0 Å². The van der Waals surface area contributed by atoms with Crippen LogP contribution in [0.15, 0.2) is 192 Å². The molecule has 7 aromatic carbocycles. The first-order chi connectivity index (χ1) is 28.7. The van der Waals surface area contributed by atoms with Crippen molar-refractivity contribution in [3.63, 3.8) is 0 Å². The number of hydrogen-bond acceptors (Lipinski definition) is 8. The van der Waals surface area contributed by atoms with Gasteiger partial charge in [-0.15, -0.1) is 22.7 Å². The Morgan fingerprint density at radius 1 is 0.379 bits per heavy atom. The molecule has 0 fully saturated rings. The Morgan fingerprint density at radius 3 is 1.14 bits per heavy atom. The summed E-state index contributed by atoms with van der Waals surface area (Å²) in [7, 11) is 0. The van der Waals surface area contributed by atoms with Gasteiger partial charge >= 0.3 is 0 Å². The first-order valence-corrected chi connectivity index (χ1v) is 21.2. The molecule has 0 spiro atoms. The van der Waals surface area contributed by atoms with E-state index in [4.69, 9.17) is 20.2 Å². The van der Waals surface area contributed by atoms with Crippen molar-refractivity contribution in [2.75, 3.05) is 10.0 Å². The number of aromatic nitrogens is 2. The van der Waals surface area contributed by atoms with Crippen molar-refractivity contribution in [2.45, 2.75) is 24.9 Å². The number of anilines is 2. The molecular weight excluding hydrogens is 749 g/mol.